The molecule has 7 nitrogen and oxygen atoms in total. The fourth-order valence-electron chi connectivity index (χ4n) is 1.28. The van der Waals surface area contributed by atoms with Crippen LogP contribution in [-0.4, -0.2) is 31.5 Å². The van der Waals surface area contributed by atoms with Gasteiger partial charge in [-0.3, -0.25) is 14.9 Å². The molecule has 1 aromatic carbocycles. The second kappa shape index (κ2) is 5.69. The van der Waals surface area contributed by atoms with Crippen molar-refractivity contribution in [2.75, 3.05) is 26.0 Å². The van der Waals surface area contributed by atoms with E-state index in [-0.39, 0.29) is 29.6 Å². The Balaban J connectivity index is 2.98. The van der Waals surface area contributed by atoms with E-state index < -0.39 is 4.92 Å². The van der Waals surface area contributed by atoms with Gasteiger partial charge in [0.15, 0.2) is 5.75 Å². The van der Waals surface area contributed by atoms with E-state index in [9.17, 15) is 14.9 Å². The van der Waals surface area contributed by atoms with Crippen molar-refractivity contribution in [2.45, 2.75) is 0 Å². The number of ether oxygens (including phenoxy) is 1. The number of rotatable bonds is 5. The summed E-state index contributed by atoms with van der Waals surface area (Å²) in [6.07, 6.45) is 0. The van der Waals surface area contributed by atoms with E-state index in [4.69, 9.17) is 4.74 Å². The van der Waals surface area contributed by atoms with Crippen molar-refractivity contribution in [1.29, 1.82) is 0 Å². The molecule has 0 heterocycles. The minimum absolute atomic E-state index is 0.0372. The highest BCUT2D eigenvalue weighted by atomic mass is 16.6. The van der Waals surface area contributed by atoms with Gasteiger partial charge >= 0.3 is 5.69 Å². The lowest BCUT2D eigenvalue weighted by molar-refractivity contribution is -0.384. The highest BCUT2D eigenvalue weighted by Gasteiger charge is 2.20. The summed E-state index contributed by atoms with van der Waals surface area (Å²) in [7, 11) is 2.84. The Bertz CT molecular complexity index is 434. The smallest absolute Gasteiger partial charge is 0.333 e. The van der Waals surface area contributed by atoms with Crippen molar-refractivity contribution >= 4 is 17.3 Å². The Morgan fingerprint density at radius 2 is 2.24 bits per heavy atom. The van der Waals surface area contributed by atoms with Crippen molar-refractivity contribution in [3.63, 3.8) is 0 Å². The first-order valence-corrected chi connectivity index (χ1v) is 4.86. The van der Waals surface area contributed by atoms with Crippen LogP contribution in [0.5, 0.6) is 5.75 Å². The standard InChI is InChI=1S/C10H13N3O4/c1-11-9(14)6-12-7-4-3-5-8(17-2)10(7)13(15)16/h3-5,12H,6H2,1-2H3,(H,11,14). The number of carbonyl (C=O) groups is 1. The predicted molar refractivity (Wildman–Crippen MR) is 62.2 cm³/mol. The SMILES string of the molecule is CNC(=O)CNc1cccc(OC)c1[N+](=O)[O-]. The molecule has 17 heavy (non-hydrogen) atoms. The molecule has 0 aliphatic rings. The van der Waals surface area contributed by atoms with Gasteiger partial charge in [0.25, 0.3) is 0 Å². The highest BCUT2D eigenvalue weighted by molar-refractivity contribution is 5.82. The first-order chi connectivity index (χ1) is 8.10. The van der Waals surface area contributed by atoms with E-state index in [1.807, 2.05) is 0 Å². The molecular weight excluding hydrogens is 226 g/mol. The number of likely N-dealkylation sites (N-methyl/N-ethyl adjacent to an activating group) is 1. The number of amides is 1. The Kier molecular flexibility index (Phi) is 4.27. The monoisotopic (exact) mass is 239 g/mol. The zero-order valence-electron chi connectivity index (χ0n) is 9.52. The molecule has 0 aliphatic carbocycles. The van der Waals surface area contributed by atoms with E-state index in [0.717, 1.165) is 0 Å². The highest BCUT2D eigenvalue weighted by Crippen LogP contribution is 2.34. The van der Waals surface area contributed by atoms with Crippen LogP contribution in [0.25, 0.3) is 0 Å². The van der Waals surface area contributed by atoms with Gasteiger partial charge in [0, 0.05) is 7.05 Å². The van der Waals surface area contributed by atoms with Crippen LogP contribution < -0.4 is 15.4 Å². The lowest BCUT2D eigenvalue weighted by Crippen LogP contribution is -2.26. The summed E-state index contributed by atoms with van der Waals surface area (Å²) in [5.74, 6) is -0.112. The third-order valence-corrected chi connectivity index (χ3v) is 2.12. The van der Waals surface area contributed by atoms with Crippen molar-refractivity contribution in [3.05, 3.63) is 28.3 Å². The van der Waals surface area contributed by atoms with Crippen molar-refractivity contribution in [1.82, 2.24) is 5.32 Å². The molecule has 1 rings (SSSR count). The summed E-state index contributed by atoms with van der Waals surface area (Å²) in [6, 6.07) is 4.62. The van der Waals surface area contributed by atoms with Gasteiger partial charge in [-0.25, -0.2) is 0 Å². The third kappa shape index (κ3) is 3.07. The van der Waals surface area contributed by atoms with Crippen LogP contribution in [-0.2, 0) is 4.79 Å². The van der Waals surface area contributed by atoms with E-state index in [1.54, 1.807) is 6.07 Å². The average Bonchev–Trinajstić information content (AvgIpc) is 2.34. The van der Waals surface area contributed by atoms with Gasteiger partial charge < -0.3 is 15.4 Å². The van der Waals surface area contributed by atoms with Gasteiger partial charge in [0.2, 0.25) is 5.91 Å². The molecule has 0 atom stereocenters. The Labute approximate surface area is 97.9 Å². The largest absolute Gasteiger partial charge is 0.490 e. The number of methoxy groups -OCH3 is 1. The summed E-state index contributed by atoms with van der Waals surface area (Å²) in [5.41, 5.74) is 0.0665. The Hall–Kier alpha value is -2.31. The summed E-state index contributed by atoms with van der Waals surface area (Å²) in [6.45, 7) is -0.0372. The minimum atomic E-state index is -0.551. The molecule has 92 valence electrons. The molecule has 0 aromatic heterocycles. The average molecular weight is 239 g/mol. The van der Waals surface area contributed by atoms with E-state index >= 15 is 0 Å². The summed E-state index contributed by atoms with van der Waals surface area (Å²) >= 11 is 0. The Morgan fingerprint density at radius 3 is 2.76 bits per heavy atom. The van der Waals surface area contributed by atoms with Crippen LogP contribution in [0.4, 0.5) is 11.4 Å². The number of nitrogens with one attached hydrogen (secondary N) is 2. The molecule has 0 unspecified atom stereocenters. The molecule has 0 radical (unpaired) electrons. The lowest BCUT2D eigenvalue weighted by atomic mass is 10.2. The van der Waals surface area contributed by atoms with Gasteiger partial charge in [-0.2, -0.15) is 0 Å². The maximum Gasteiger partial charge on any atom is 0.333 e. The molecule has 0 saturated heterocycles. The van der Waals surface area contributed by atoms with Crippen molar-refractivity contribution in [2.24, 2.45) is 0 Å². The molecule has 0 spiro atoms. The number of benzene rings is 1. The molecule has 1 amide bonds. The molecule has 7 heteroatoms. The third-order valence-electron chi connectivity index (χ3n) is 2.12. The van der Waals surface area contributed by atoms with Gasteiger partial charge in [-0.05, 0) is 12.1 Å². The normalized spacial score (nSPS) is 9.53. The molecular formula is C10H13N3O4. The minimum Gasteiger partial charge on any atom is -0.490 e. The molecule has 0 aliphatic heterocycles. The van der Waals surface area contributed by atoms with Crippen molar-refractivity contribution in [3.8, 4) is 5.75 Å². The molecule has 0 saturated carbocycles. The number of nitrogens with zero attached hydrogens (tertiary/aromatic N) is 1. The summed E-state index contributed by atoms with van der Waals surface area (Å²) in [5, 5.41) is 16.0. The fourth-order valence-corrected chi connectivity index (χ4v) is 1.28. The van der Waals surface area contributed by atoms with Crippen LogP contribution in [0, 0.1) is 10.1 Å². The number of carbonyl (C=O) groups excluding carboxylic acids is 1. The van der Waals surface area contributed by atoms with Crippen LogP contribution >= 0.6 is 0 Å². The topological polar surface area (TPSA) is 93.5 Å². The fraction of sp³-hybridized carbons (Fsp3) is 0.300. The number of hydrogen-bond acceptors (Lipinski definition) is 5. The van der Waals surface area contributed by atoms with Gasteiger partial charge in [-0.1, -0.05) is 6.07 Å². The second-order valence-electron chi connectivity index (χ2n) is 3.14. The summed E-state index contributed by atoms with van der Waals surface area (Å²) < 4.78 is 4.90. The number of anilines is 1. The van der Waals surface area contributed by atoms with Crippen molar-refractivity contribution < 1.29 is 14.5 Å². The first kappa shape index (κ1) is 12.8. The lowest BCUT2D eigenvalue weighted by Gasteiger charge is -2.08. The Morgan fingerprint density at radius 1 is 1.53 bits per heavy atom. The predicted octanol–water partition coefficient (Wildman–Crippen LogP) is 0.761. The molecule has 0 bridgehead atoms. The quantitative estimate of drug-likeness (QED) is 0.584. The van der Waals surface area contributed by atoms with Crippen LogP contribution in [0.1, 0.15) is 0 Å². The second-order valence-corrected chi connectivity index (χ2v) is 3.14. The van der Waals surface area contributed by atoms with Crippen LogP contribution in [0.15, 0.2) is 18.2 Å². The maximum absolute atomic E-state index is 11.0. The summed E-state index contributed by atoms with van der Waals surface area (Å²) in [4.78, 5) is 21.4. The van der Waals surface area contributed by atoms with Gasteiger partial charge in [-0.15, -0.1) is 0 Å². The molecule has 0 fully saturated rings. The van der Waals surface area contributed by atoms with Crippen LogP contribution in [0.3, 0.4) is 0 Å². The van der Waals surface area contributed by atoms with E-state index in [1.165, 1.54) is 26.3 Å². The number of nitro groups is 1. The zero-order valence-corrected chi connectivity index (χ0v) is 9.52. The number of hydrogen-bond donors (Lipinski definition) is 2. The van der Waals surface area contributed by atoms with E-state index in [2.05, 4.69) is 10.6 Å². The number of para-hydroxylation sites is 1. The maximum atomic E-state index is 11.0. The molecule has 1 aromatic rings. The zero-order chi connectivity index (χ0) is 12.8. The van der Waals surface area contributed by atoms with E-state index in [0.29, 0.717) is 0 Å². The first-order valence-electron chi connectivity index (χ1n) is 4.86. The molecule has 2 N–H and O–H groups in total. The van der Waals surface area contributed by atoms with Gasteiger partial charge in [0.05, 0.1) is 18.6 Å². The van der Waals surface area contributed by atoms with Gasteiger partial charge in [0.1, 0.15) is 5.69 Å². The van der Waals surface area contributed by atoms with Crippen LogP contribution in [0.2, 0.25) is 0 Å². The number of nitro benzene ring substituents is 1.